The van der Waals surface area contributed by atoms with Crippen LogP contribution in [-0.2, 0) is 0 Å². The van der Waals surface area contributed by atoms with Crippen molar-refractivity contribution < 1.29 is 4.79 Å². The van der Waals surface area contributed by atoms with Gasteiger partial charge in [-0.05, 0) is 69.0 Å². The number of hydrogen-bond acceptors (Lipinski definition) is 3. The number of amides is 1. The van der Waals surface area contributed by atoms with Crippen molar-refractivity contribution in [3.8, 4) is 11.3 Å². The van der Waals surface area contributed by atoms with Crippen molar-refractivity contribution in [1.82, 2.24) is 15.2 Å². The second-order valence-corrected chi connectivity index (χ2v) is 7.47. The minimum atomic E-state index is 0.157. The van der Waals surface area contributed by atoms with Crippen LogP contribution in [0.1, 0.15) is 35.3 Å². The molecular weight excluding hydrogens is 310 g/mol. The van der Waals surface area contributed by atoms with E-state index in [1.165, 1.54) is 12.8 Å². The zero-order valence-electron chi connectivity index (χ0n) is 14.8. The molecule has 1 aromatic heterocycles. The lowest BCUT2D eigenvalue weighted by Crippen LogP contribution is -2.39. The molecule has 4 heteroatoms. The molecule has 2 aliphatic rings. The number of aromatic nitrogens is 1. The largest absolute Gasteiger partial charge is 0.338 e. The van der Waals surface area contributed by atoms with Crippen molar-refractivity contribution in [2.45, 2.75) is 26.2 Å². The summed E-state index contributed by atoms with van der Waals surface area (Å²) in [6, 6.07) is 13.9. The summed E-state index contributed by atoms with van der Waals surface area (Å²) in [5.74, 6) is 0.157. The zero-order valence-corrected chi connectivity index (χ0v) is 14.8. The number of rotatable bonds is 2. The van der Waals surface area contributed by atoms with Gasteiger partial charge in [0.1, 0.15) is 0 Å². The van der Waals surface area contributed by atoms with E-state index in [0.29, 0.717) is 5.41 Å². The van der Waals surface area contributed by atoms with Gasteiger partial charge < -0.3 is 10.2 Å². The van der Waals surface area contributed by atoms with Gasteiger partial charge in [0.05, 0.1) is 5.69 Å². The normalized spacial score (nSPS) is 19.3. The van der Waals surface area contributed by atoms with Gasteiger partial charge in [0.15, 0.2) is 0 Å². The molecule has 0 atom stereocenters. The van der Waals surface area contributed by atoms with Gasteiger partial charge in [0.2, 0.25) is 0 Å². The topological polar surface area (TPSA) is 45.2 Å². The average Bonchev–Trinajstić information content (AvgIpc) is 3.05. The molecule has 2 aromatic rings. The van der Waals surface area contributed by atoms with Gasteiger partial charge in [0, 0.05) is 29.9 Å². The van der Waals surface area contributed by atoms with Crippen LogP contribution in [0.4, 0.5) is 0 Å². The Morgan fingerprint density at radius 2 is 1.92 bits per heavy atom. The minimum Gasteiger partial charge on any atom is -0.338 e. The molecule has 1 spiro atoms. The van der Waals surface area contributed by atoms with Crippen LogP contribution in [0.2, 0.25) is 0 Å². The Morgan fingerprint density at radius 3 is 2.72 bits per heavy atom. The fourth-order valence-corrected chi connectivity index (χ4v) is 4.17. The maximum Gasteiger partial charge on any atom is 0.253 e. The van der Waals surface area contributed by atoms with E-state index in [0.717, 1.165) is 55.1 Å². The maximum absolute atomic E-state index is 13.0. The zero-order chi connectivity index (χ0) is 17.3. The van der Waals surface area contributed by atoms with Gasteiger partial charge >= 0.3 is 0 Å². The second kappa shape index (κ2) is 6.60. The summed E-state index contributed by atoms with van der Waals surface area (Å²) >= 11 is 0. The summed E-state index contributed by atoms with van der Waals surface area (Å²) in [4.78, 5) is 19.6. The number of hydrogen-bond donors (Lipinski definition) is 1. The molecule has 130 valence electrons. The second-order valence-electron chi connectivity index (χ2n) is 7.47. The van der Waals surface area contributed by atoms with Crippen LogP contribution in [0.25, 0.3) is 11.3 Å². The Bertz CT molecular complexity index is 780. The first-order valence-electron chi connectivity index (χ1n) is 9.19. The molecule has 0 unspecified atom stereocenters. The highest BCUT2D eigenvalue weighted by Crippen LogP contribution is 2.39. The van der Waals surface area contributed by atoms with E-state index in [2.05, 4.69) is 10.3 Å². The van der Waals surface area contributed by atoms with Crippen molar-refractivity contribution in [2.24, 2.45) is 5.41 Å². The highest BCUT2D eigenvalue weighted by Gasteiger charge is 2.40. The Labute approximate surface area is 149 Å². The van der Waals surface area contributed by atoms with Gasteiger partial charge in [-0.3, -0.25) is 9.78 Å². The van der Waals surface area contributed by atoms with E-state index in [-0.39, 0.29) is 5.91 Å². The molecule has 1 amide bonds. The quantitative estimate of drug-likeness (QED) is 0.916. The molecule has 0 radical (unpaired) electrons. The average molecular weight is 335 g/mol. The van der Waals surface area contributed by atoms with Gasteiger partial charge in [-0.25, -0.2) is 0 Å². The highest BCUT2D eigenvalue weighted by molar-refractivity contribution is 5.95. The first-order valence-corrected chi connectivity index (χ1v) is 9.19. The predicted molar refractivity (Wildman–Crippen MR) is 99.5 cm³/mol. The SMILES string of the molecule is Cc1cccc(-c2cccc(C(=O)N3CCC4(CCNCC4)C3)c2)n1. The van der Waals surface area contributed by atoms with Gasteiger partial charge in [-0.2, -0.15) is 0 Å². The van der Waals surface area contributed by atoms with Gasteiger partial charge in [-0.1, -0.05) is 18.2 Å². The molecule has 2 saturated heterocycles. The number of pyridine rings is 1. The number of nitrogens with one attached hydrogen (secondary N) is 1. The lowest BCUT2D eigenvalue weighted by molar-refractivity contribution is 0.0762. The third-order valence-corrected chi connectivity index (χ3v) is 5.68. The summed E-state index contributed by atoms with van der Waals surface area (Å²) in [7, 11) is 0. The number of carbonyl (C=O) groups is 1. The number of piperidine rings is 1. The molecule has 0 bridgehead atoms. The molecule has 4 rings (SSSR count). The van der Waals surface area contributed by atoms with E-state index in [1.807, 2.05) is 54.3 Å². The number of nitrogens with zero attached hydrogens (tertiary/aromatic N) is 2. The van der Waals surface area contributed by atoms with Gasteiger partial charge in [-0.15, -0.1) is 0 Å². The standard InChI is InChI=1S/C21H25N3O/c1-16-4-2-7-19(23-16)17-5-3-6-18(14-17)20(25)24-13-10-21(15-24)8-11-22-12-9-21/h2-7,14,22H,8-13,15H2,1H3. The third-order valence-electron chi connectivity index (χ3n) is 5.68. The molecule has 0 saturated carbocycles. The fourth-order valence-electron chi connectivity index (χ4n) is 4.17. The fraction of sp³-hybridized carbons (Fsp3) is 0.429. The summed E-state index contributed by atoms with van der Waals surface area (Å²) in [5, 5.41) is 3.43. The molecule has 2 fully saturated rings. The van der Waals surface area contributed by atoms with E-state index in [4.69, 9.17) is 0 Å². The van der Waals surface area contributed by atoms with Crippen molar-refractivity contribution in [2.75, 3.05) is 26.2 Å². The van der Waals surface area contributed by atoms with E-state index >= 15 is 0 Å². The Kier molecular flexibility index (Phi) is 4.30. The van der Waals surface area contributed by atoms with Crippen molar-refractivity contribution in [1.29, 1.82) is 0 Å². The number of carbonyl (C=O) groups excluding carboxylic acids is 1. The Morgan fingerprint density at radius 1 is 1.12 bits per heavy atom. The van der Waals surface area contributed by atoms with Crippen molar-refractivity contribution in [3.05, 3.63) is 53.7 Å². The Hall–Kier alpha value is -2.20. The van der Waals surface area contributed by atoms with Crippen LogP contribution in [0, 0.1) is 12.3 Å². The van der Waals surface area contributed by atoms with E-state index in [9.17, 15) is 4.79 Å². The molecule has 4 nitrogen and oxygen atoms in total. The van der Waals surface area contributed by atoms with Crippen LogP contribution >= 0.6 is 0 Å². The highest BCUT2D eigenvalue weighted by atomic mass is 16.2. The summed E-state index contributed by atoms with van der Waals surface area (Å²) in [5.41, 5.74) is 4.03. The van der Waals surface area contributed by atoms with Crippen LogP contribution in [0.15, 0.2) is 42.5 Å². The molecule has 0 aliphatic carbocycles. The molecule has 3 heterocycles. The van der Waals surface area contributed by atoms with Crippen LogP contribution < -0.4 is 5.32 Å². The smallest absolute Gasteiger partial charge is 0.253 e. The van der Waals surface area contributed by atoms with Crippen LogP contribution in [0.5, 0.6) is 0 Å². The molecular formula is C21H25N3O. The van der Waals surface area contributed by atoms with E-state index < -0.39 is 0 Å². The minimum absolute atomic E-state index is 0.157. The lowest BCUT2D eigenvalue weighted by Gasteiger charge is -2.33. The number of aryl methyl sites for hydroxylation is 1. The van der Waals surface area contributed by atoms with Gasteiger partial charge in [0.25, 0.3) is 5.91 Å². The summed E-state index contributed by atoms with van der Waals surface area (Å²) in [6.45, 7) is 5.93. The number of likely N-dealkylation sites (tertiary alicyclic amines) is 1. The summed E-state index contributed by atoms with van der Waals surface area (Å²) in [6.07, 6.45) is 3.51. The predicted octanol–water partition coefficient (Wildman–Crippen LogP) is 3.27. The van der Waals surface area contributed by atoms with Crippen molar-refractivity contribution >= 4 is 5.91 Å². The molecule has 1 aromatic carbocycles. The lowest BCUT2D eigenvalue weighted by atomic mass is 9.78. The third kappa shape index (κ3) is 3.31. The number of benzene rings is 1. The molecule has 1 N–H and O–H groups in total. The van der Waals surface area contributed by atoms with Crippen LogP contribution in [0.3, 0.4) is 0 Å². The first kappa shape index (κ1) is 16.3. The Balaban J connectivity index is 1.54. The maximum atomic E-state index is 13.0. The van der Waals surface area contributed by atoms with Crippen LogP contribution in [-0.4, -0.2) is 42.0 Å². The summed E-state index contributed by atoms with van der Waals surface area (Å²) < 4.78 is 0. The molecule has 25 heavy (non-hydrogen) atoms. The van der Waals surface area contributed by atoms with Crippen molar-refractivity contribution in [3.63, 3.8) is 0 Å². The van der Waals surface area contributed by atoms with E-state index in [1.54, 1.807) is 0 Å². The first-order chi connectivity index (χ1) is 12.2. The monoisotopic (exact) mass is 335 g/mol. The molecule has 2 aliphatic heterocycles.